The van der Waals surface area contributed by atoms with Crippen LogP contribution < -0.4 is 10.9 Å². The molecule has 0 radical (unpaired) electrons. The minimum atomic E-state index is -0.662. The van der Waals surface area contributed by atoms with Crippen LogP contribution in [0.25, 0.3) is 10.2 Å². The molecule has 0 saturated heterocycles. The number of aliphatic hydroxyl groups excluding tert-OH is 1. The number of H-pyrrole nitrogens is 1. The van der Waals surface area contributed by atoms with Crippen molar-refractivity contribution in [2.45, 2.75) is 19.1 Å². The number of benzene rings is 1. The number of amides is 1. The van der Waals surface area contributed by atoms with Crippen molar-refractivity contribution in [3.8, 4) is 0 Å². The normalized spacial score (nSPS) is 12.1. The Labute approximate surface area is 205 Å². The number of halogens is 1. The van der Waals surface area contributed by atoms with Crippen LogP contribution >= 0.6 is 22.9 Å². The lowest BCUT2D eigenvalue weighted by Crippen LogP contribution is -2.28. The van der Waals surface area contributed by atoms with Gasteiger partial charge in [-0.25, -0.2) is 9.97 Å². The zero-order valence-corrected chi connectivity index (χ0v) is 20.1. The molecule has 34 heavy (non-hydrogen) atoms. The predicted molar refractivity (Wildman–Crippen MR) is 133 cm³/mol. The Hall–Kier alpha value is -3.11. The lowest BCUT2D eigenvalue weighted by molar-refractivity contribution is 0.0781. The SMILES string of the molecule is CN(Cc1nc2ccsc2c(=O)[nH]1)C(=O)c1ccc(CCNC[C@H](O)c2ccc(Cl)nc2)cc1. The van der Waals surface area contributed by atoms with Gasteiger partial charge in [-0.05, 0) is 48.2 Å². The third-order valence-corrected chi connectivity index (χ3v) is 6.49. The van der Waals surface area contributed by atoms with E-state index < -0.39 is 6.10 Å². The Kier molecular flexibility index (Phi) is 7.69. The number of carbonyl (C=O) groups excluding carboxylic acids is 1. The average molecular weight is 498 g/mol. The molecular formula is C24H24ClN5O3S. The molecule has 0 unspecified atom stereocenters. The predicted octanol–water partition coefficient (Wildman–Crippen LogP) is 3.17. The summed E-state index contributed by atoms with van der Waals surface area (Å²) in [6.45, 7) is 1.28. The zero-order valence-electron chi connectivity index (χ0n) is 18.5. The standard InChI is InChI=1S/C24H24ClN5O3S/c1-30(14-21-28-18-9-11-34-22(18)23(32)29-21)24(33)16-4-2-15(3-5-16)8-10-26-13-19(31)17-6-7-20(25)27-12-17/h2-7,9,11-12,19,26,31H,8,10,13-14H2,1H3,(H,28,29,32)/t19-/m0/s1. The van der Waals surface area contributed by atoms with E-state index in [0.717, 1.165) is 12.0 Å². The number of pyridine rings is 1. The number of aliphatic hydroxyl groups is 1. The molecule has 1 atom stereocenters. The summed E-state index contributed by atoms with van der Waals surface area (Å²) in [5, 5.41) is 15.6. The van der Waals surface area contributed by atoms with Gasteiger partial charge in [0.15, 0.2) is 0 Å². The second-order valence-corrected chi connectivity index (χ2v) is 9.19. The second-order valence-electron chi connectivity index (χ2n) is 7.89. The van der Waals surface area contributed by atoms with Gasteiger partial charge in [0.1, 0.15) is 15.7 Å². The zero-order chi connectivity index (χ0) is 24.1. The number of rotatable bonds is 9. The highest BCUT2D eigenvalue weighted by Gasteiger charge is 2.14. The molecular weight excluding hydrogens is 474 g/mol. The van der Waals surface area contributed by atoms with E-state index in [2.05, 4.69) is 20.3 Å². The number of nitrogens with zero attached hydrogens (tertiary/aromatic N) is 3. The van der Waals surface area contributed by atoms with Crippen LogP contribution in [0, 0.1) is 0 Å². The van der Waals surface area contributed by atoms with Crippen LogP contribution in [-0.4, -0.2) is 51.0 Å². The molecule has 3 N–H and O–H groups in total. The second kappa shape index (κ2) is 10.9. The lowest BCUT2D eigenvalue weighted by Gasteiger charge is -2.17. The van der Waals surface area contributed by atoms with Crippen molar-refractivity contribution in [1.82, 2.24) is 25.2 Å². The van der Waals surface area contributed by atoms with Crippen molar-refractivity contribution in [1.29, 1.82) is 0 Å². The summed E-state index contributed by atoms with van der Waals surface area (Å²) >= 11 is 7.11. The van der Waals surface area contributed by atoms with Crippen LogP contribution in [0.5, 0.6) is 0 Å². The van der Waals surface area contributed by atoms with E-state index in [4.69, 9.17) is 11.6 Å². The van der Waals surface area contributed by atoms with Gasteiger partial charge in [0.25, 0.3) is 11.5 Å². The van der Waals surface area contributed by atoms with Crippen LogP contribution in [0.4, 0.5) is 0 Å². The summed E-state index contributed by atoms with van der Waals surface area (Å²) in [4.78, 5) is 37.6. The van der Waals surface area contributed by atoms with Gasteiger partial charge in [0.05, 0.1) is 18.2 Å². The fourth-order valence-corrected chi connectivity index (χ4v) is 4.34. The summed E-state index contributed by atoms with van der Waals surface area (Å²) in [5.74, 6) is 0.295. The fraction of sp³-hybridized carbons (Fsp3) is 0.250. The number of carbonyl (C=O) groups is 1. The molecule has 0 bridgehead atoms. The van der Waals surface area contributed by atoms with Crippen LogP contribution in [0.3, 0.4) is 0 Å². The maximum absolute atomic E-state index is 12.8. The van der Waals surface area contributed by atoms with Gasteiger partial charge in [-0.2, -0.15) is 0 Å². The van der Waals surface area contributed by atoms with Gasteiger partial charge in [-0.15, -0.1) is 11.3 Å². The van der Waals surface area contributed by atoms with Gasteiger partial charge in [0, 0.05) is 30.9 Å². The molecule has 3 heterocycles. The van der Waals surface area contributed by atoms with E-state index >= 15 is 0 Å². The fourth-order valence-electron chi connectivity index (χ4n) is 3.50. The molecule has 4 rings (SSSR count). The Morgan fingerprint density at radius 3 is 2.76 bits per heavy atom. The smallest absolute Gasteiger partial charge is 0.268 e. The number of thiophene rings is 1. The van der Waals surface area contributed by atoms with E-state index in [-0.39, 0.29) is 18.0 Å². The Morgan fingerprint density at radius 2 is 2.03 bits per heavy atom. The summed E-state index contributed by atoms with van der Waals surface area (Å²) in [7, 11) is 1.68. The van der Waals surface area contributed by atoms with E-state index in [1.807, 2.05) is 17.5 Å². The highest BCUT2D eigenvalue weighted by Crippen LogP contribution is 2.15. The highest BCUT2D eigenvalue weighted by molar-refractivity contribution is 7.17. The molecule has 1 amide bonds. The first-order chi connectivity index (χ1) is 16.4. The van der Waals surface area contributed by atoms with Crippen molar-refractivity contribution in [2.24, 2.45) is 0 Å². The molecule has 8 nitrogen and oxygen atoms in total. The molecule has 1 aromatic carbocycles. The number of aromatic amines is 1. The van der Waals surface area contributed by atoms with Crippen LogP contribution in [0.1, 0.15) is 33.4 Å². The van der Waals surface area contributed by atoms with Gasteiger partial charge < -0.3 is 20.3 Å². The minimum absolute atomic E-state index is 0.155. The lowest BCUT2D eigenvalue weighted by atomic mass is 10.1. The first kappa shape index (κ1) is 24.0. The highest BCUT2D eigenvalue weighted by atomic mass is 35.5. The number of hydrogen-bond acceptors (Lipinski definition) is 7. The van der Waals surface area contributed by atoms with Gasteiger partial charge in [-0.3, -0.25) is 9.59 Å². The number of nitrogens with one attached hydrogen (secondary N) is 2. The number of aromatic nitrogens is 3. The van der Waals surface area contributed by atoms with Gasteiger partial charge >= 0.3 is 0 Å². The minimum Gasteiger partial charge on any atom is -0.387 e. The maximum atomic E-state index is 12.8. The molecule has 0 aliphatic rings. The molecule has 3 aromatic heterocycles. The maximum Gasteiger partial charge on any atom is 0.268 e. The first-order valence-electron chi connectivity index (χ1n) is 10.7. The van der Waals surface area contributed by atoms with Gasteiger partial charge in [0.2, 0.25) is 0 Å². The van der Waals surface area contributed by atoms with Crippen molar-refractivity contribution in [3.05, 3.63) is 92.1 Å². The van der Waals surface area contributed by atoms with E-state index in [1.54, 1.807) is 43.6 Å². The van der Waals surface area contributed by atoms with E-state index in [0.29, 0.717) is 45.4 Å². The quantitative estimate of drug-likeness (QED) is 0.242. The molecule has 176 valence electrons. The molecule has 10 heteroatoms. The van der Waals surface area contributed by atoms with Crippen molar-refractivity contribution >= 4 is 39.1 Å². The van der Waals surface area contributed by atoms with E-state index in [1.165, 1.54) is 16.2 Å². The molecule has 4 aromatic rings. The average Bonchev–Trinajstić information content (AvgIpc) is 3.31. The number of fused-ring (bicyclic) bond motifs is 1. The molecule has 0 fully saturated rings. The Morgan fingerprint density at radius 1 is 1.24 bits per heavy atom. The first-order valence-corrected chi connectivity index (χ1v) is 12.0. The largest absolute Gasteiger partial charge is 0.387 e. The van der Waals surface area contributed by atoms with Crippen LogP contribution in [0.2, 0.25) is 5.15 Å². The monoisotopic (exact) mass is 497 g/mol. The summed E-state index contributed by atoms with van der Waals surface area (Å²) in [5.41, 5.74) is 2.79. The topological polar surface area (TPSA) is 111 Å². The van der Waals surface area contributed by atoms with Crippen molar-refractivity contribution < 1.29 is 9.90 Å². The third kappa shape index (κ3) is 5.87. The van der Waals surface area contributed by atoms with Crippen molar-refractivity contribution in [3.63, 3.8) is 0 Å². The molecule has 0 spiro atoms. The van der Waals surface area contributed by atoms with E-state index in [9.17, 15) is 14.7 Å². The Balaban J connectivity index is 1.27. The summed E-state index contributed by atoms with van der Waals surface area (Å²) in [6.07, 6.45) is 1.65. The van der Waals surface area contributed by atoms with Crippen molar-refractivity contribution in [2.75, 3.05) is 20.1 Å². The molecule has 0 saturated carbocycles. The Bertz CT molecular complexity index is 1320. The molecule has 0 aliphatic heterocycles. The summed E-state index contributed by atoms with van der Waals surface area (Å²) in [6, 6.07) is 12.6. The number of hydrogen-bond donors (Lipinski definition) is 3. The van der Waals surface area contributed by atoms with Crippen LogP contribution in [0.15, 0.2) is 58.8 Å². The van der Waals surface area contributed by atoms with Gasteiger partial charge in [-0.1, -0.05) is 29.8 Å². The summed E-state index contributed by atoms with van der Waals surface area (Å²) < 4.78 is 0.583. The van der Waals surface area contributed by atoms with Crippen LogP contribution in [-0.2, 0) is 13.0 Å². The third-order valence-electron chi connectivity index (χ3n) is 5.36. The molecule has 0 aliphatic carbocycles.